The monoisotopic (exact) mass is 261 g/mol. The highest BCUT2D eigenvalue weighted by molar-refractivity contribution is 6.00. The molecule has 0 heterocycles. The maximum atomic E-state index is 7.52. The second-order valence-electron chi connectivity index (χ2n) is 5.51. The number of nitrogens with one attached hydrogen (secondary N) is 1. The van der Waals surface area contributed by atoms with Crippen LogP contribution in [0.2, 0.25) is 0 Å². The van der Waals surface area contributed by atoms with E-state index in [2.05, 4.69) is 37.9 Å². The number of aliphatic imine (C=N–C) groups is 1. The lowest BCUT2D eigenvalue weighted by Gasteiger charge is -2.25. The molecule has 0 amide bonds. The molecule has 0 spiro atoms. The van der Waals surface area contributed by atoms with E-state index in [1.165, 1.54) is 11.9 Å². The Kier molecular flexibility index (Phi) is 4.70. The number of hydrogen-bond donors (Lipinski definition) is 1. The molecular formula is C15H23N3O. The van der Waals surface area contributed by atoms with Crippen LogP contribution >= 0.6 is 0 Å². The molecule has 0 fully saturated rings. The number of hydrogen-bond acceptors (Lipinski definition) is 3. The van der Waals surface area contributed by atoms with E-state index in [0.29, 0.717) is 0 Å². The largest absolute Gasteiger partial charge is 0.494 e. The van der Waals surface area contributed by atoms with Gasteiger partial charge in [0.25, 0.3) is 0 Å². The van der Waals surface area contributed by atoms with Gasteiger partial charge in [-0.2, -0.15) is 0 Å². The van der Waals surface area contributed by atoms with Crippen LogP contribution in [-0.2, 0) is 5.41 Å². The lowest BCUT2D eigenvalue weighted by molar-refractivity contribution is 0.412. The summed E-state index contributed by atoms with van der Waals surface area (Å²) >= 11 is 0. The van der Waals surface area contributed by atoms with Crippen molar-refractivity contribution in [3.63, 3.8) is 0 Å². The summed E-state index contributed by atoms with van der Waals surface area (Å²) in [6, 6.07) is 4.19. The summed E-state index contributed by atoms with van der Waals surface area (Å²) in [6.07, 6.45) is 2.84. The van der Waals surface area contributed by atoms with Crippen LogP contribution in [0.15, 0.2) is 17.1 Å². The first-order valence-electron chi connectivity index (χ1n) is 6.25. The molecule has 104 valence electrons. The Morgan fingerprint density at radius 1 is 1.32 bits per heavy atom. The number of methoxy groups -OCH3 is 1. The van der Waals surface area contributed by atoms with Crippen molar-refractivity contribution in [2.45, 2.75) is 33.1 Å². The molecule has 0 aliphatic heterocycles. The lowest BCUT2D eigenvalue weighted by atomic mass is 9.85. The van der Waals surface area contributed by atoms with E-state index in [4.69, 9.17) is 10.1 Å². The van der Waals surface area contributed by atoms with Crippen LogP contribution in [0.5, 0.6) is 5.75 Å². The molecule has 0 saturated heterocycles. The average Bonchev–Trinajstić information content (AvgIpc) is 2.33. The summed E-state index contributed by atoms with van der Waals surface area (Å²) < 4.78 is 5.47. The molecule has 4 nitrogen and oxygen atoms in total. The van der Waals surface area contributed by atoms with Gasteiger partial charge in [-0.3, -0.25) is 15.3 Å². The van der Waals surface area contributed by atoms with Crippen LogP contribution in [-0.4, -0.2) is 26.8 Å². The highest BCUT2D eigenvalue weighted by atomic mass is 16.5. The zero-order valence-corrected chi connectivity index (χ0v) is 12.6. The van der Waals surface area contributed by atoms with Gasteiger partial charge >= 0.3 is 0 Å². The first-order chi connectivity index (χ1) is 8.85. The minimum atomic E-state index is 0.0445. The van der Waals surface area contributed by atoms with Crippen LogP contribution < -0.4 is 9.64 Å². The standard InChI is InChI=1S/C15H23N3O/c1-11-7-12(15(2,3)4)8-13(14(11)19-6)18(9-16)10-17-5/h7-10,16H,1-6H3. The summed E-state index contributed by atoms with van der Waals surface area (Å²) in [5.41, 5.74) is 3.15. The molecule has 1 N–H and O–H groups in total. The molecule has 0 bridgehead atoms. The van der Waals surface area contributed by atoms with Crippen molar-refractivity contribution in [1.82, 2.24) is 0 Å². The van der Waals surface area contributed by atoms with Crippen LogP contribution in [0, 0.1) is 12.3 Å². The SMILES string of the molecule is CN=CN(C=N)c1cc(C(C)(C)C)cc(C)c1OC. The third-order valence-corrected chi connectivity index (χ3v) is 2.98. The zero-order valence-electron chi connectivity index (χ0n) is 12.6. The Balaban J connectivity index is 3.50. The lowest BCUT2D eigenvalue weighted by Crippen LogP contribution is -2.21. The Labute approximate surface area is 115 Å². The second-order valence-corrected chi connectivity index (χ2v) is 5.51. The van der Waals surface area contributed by atoms with Gasteiger partial charge < -0.3 is 4.74 Å². The number of benzene rings is 1. The number of aryl methyl sites for hydroxylation is 1. The van der Waals surface area contributed by atoms with E-state index >= 15 is 0 Å². The predicted octanol–water partition coefficient (Wildman–Crippen LogP) is 3.37. The average molecular weight is 261 g/mol. The van der Waals surface area contributed by atoms with E-state index in [0.717, 1.165) is 17.0 Å². The molecule has 1 aromatic rings. The molecule has 1 aromatic carbocycles. The normalized spacial score (nSPS) is 11.7. The van der Waals surface area contributed by atoms with Gasteiger partial charge in [-0.15, -0.1) is 0 Å². The van der Waals surface area contributed by atoms with Crippen molar-refractivity contribution in [2.75, 3.05) is 19.1 Å². The minimum Gasteiger partial charge on any atom is -0.494 e. The van der Waals surface area contributed by atoms with Crippen molar-refractivity contribution >= 4 is 18.4 Å². The molecule has 0 aromatic heterocycles. The molecule has 19 heavy (non-hydrogen) atoms. The number of rotatable bonds is 4. The van der Waals surface area contributed by atoms with Crippen LogP contribution in [0.25, 0.3) is 0 Å². The van der Waals surface area contributed by atoms with Crippen molar-refractivity contribution < 1.29 is 4.74 Å². The van der Waals surface area contributed by atoms with Gasteiger partial charge in [-0.25, -0.2) is 0 Å². The van der Waals surface area contributed by atoms with Gasteiger partial charge in [0.1, 0.15) is 5.75 Å². The smallest absolute Gasteiger partial charge is 0.145 e. The Bertz CT molecular complexity index is 487. The molecule has 0 atom stereocenters. The Morgan fingerprint density at radius 2 is 1.95 bits per heavy atom. The molecule has 1 rings (SSSR count). The van der Waals surface area contributed by atoms with Crippen LogP contribution in [0.3, 0.4) is 0 Å². The highest BCUT2D eigenvalue weighted by Gasteiger charge is 2.19. The fourth-order valence-electron chi connectivity index (χ4n) is 1.94. The van der Waals surface area contributed by atoms with Crippen molar-refractivity contribution in [1.29, 1.82) is 5.41 Å². The topological polar surface area (TPSA) is 48.7 Å². The predicted molar refractivity (Wildman–Crippen MR) is 82.1 cm³/mol. The van der Waals surface area contributed by atoms with E-state index in [-0.39, 0.29) is 5.41 Å². The van der Waals surface area contributed by atoms with Crippen LogP contribution in [0.4, 0.5) is 5.69 Å². The molecule has 4 heteroatoms. The van der Waals surface area contributed by atoms with Crippen LogP contribution in [0.1, 0.15) is 31.9 Å². The zero-order chi connectivity index (χ0) is 14.6. The summed E-state index contributed by atoms with van der Waals surface area (Å²) in [7, 11) is 3.33. The Hall–Kier alpha value is -1.84. The molecular weight excluding hydrogens is 238 g/mol. The van der Waals surface area contributed by atoms with Crippen molar-refractivity contribution in [3.05, 3.63) is 23.3 Å². The fourth-order valence-corrected chi connectivity index (χ4v) is 1.94. The summed E-state index contributed by atoms with van der Waals surface area (Å²) in [5, 5.41) is 7.52. The van der Waals surface area contributed by atoms with E-state index in [1.54, 1.807) is 25.4 Å². The Morgan fingerprint density at radius 3 is 2.37 bits per heavy atom. The van der Waals surface area contributed by atoms with Gasteiger partial charge in [-0.1, -0.05) is 26.8 Å². The summed E-state index contributed by atoms with van der Waals surface area (Å²) in [6.45, 7) is 8.52. The summed E-state index contributed by atoms with van der Waals surface area (Å²) in [5.74, 6) is 0.774. The van der Waals surface area contributed by atoms with Gasteiger partial charge in [0.2, 0.25) is 0 Å². The molecule has 0 radical (unpaired) electrons. The molecule has 0 aliphatic rings. The second kappa shape index (κ2) is 5.87. The molecule has 0 unspecified atom stereocenters. The van der Waals surface area contributed by atoms with Gasteiger partial charge in [0, 0.05) is 7.05 Å². The fraction of sp³-hybridized carbons (Fsp3) is 0.467. The molecule has 0 aliphatic carbocycles. The third kappa shape index (κ3) is 3.34. The van der Waals surface area contributed by atoms with E-state index in [1.807, 2.05) is 6.92 Å². The number of ether oxygens (including phenoxy) is 1. The maximum Gasteiger partial charge on any atom is 0.145 e. The van der Waals surface area contributed by atoms with Gasteiger partial charge in [0.05, 0.1) is 25.5 Å². The van der Waals surface area contributed by atoms with Crippen molar-refractivity contribution in [2.24, 2.45) is 4.99 Å². The first kappa shape index (κ1) is 15.2. The maximum absolute atomic E-state index is 7.52. The number of nitrogens with zero attached hydrogens (tertiary/aromatic N) is 2. The summed E-state index contributed by atoms with van der Waals surface area (Å²) in [4.78, 5) is 5.63. The number of anilines is 1. The van der Waals surface area contributed by atoms with Gasteiger partial charge in [0.15, 0.2) is 0 Å². The minimum absolute atomic E-state index is 0.0445. The van der Waals surface area contributed by atoms with Crippen molar-refractivity contribution in [3.8, 4) is 5.75 Å². The molecule has 0 saturated carbocycles. The highest BCUT2D eigenvalue weighted by Crippen LogP contribution is 2.36. The van der Waals surface area contributed by atoms with E-state index < -0.39 is 0 Å². The first-order valence-corrected chi connectivity index (χ1v) is 6.25. The van der Waals surface area contributed by atoms with E-state index in [9.17, 15) is 0 Å². The third-order valence-electron chi connectivity index (χ3n) is 2.98. The quantitative estimate of drug-likeness (QED) is 0.667. The van der Waals surface area contributed by atoms with Gasteiger partial charge in [-0.05, 0) is 29.5 Å².